The van der Waals surface area contributed by atoms with Crippen molar-refractivity contribution < 1.29 is 33.9 Å². The molecule has 0 saturated carbocycles. The molecule has 0 unspecified atom stereocenters. The van der Waals surface area contributed by atoms with Crippen LogP contribution in [0.5, 0.6) is 17.2 Å². The first-order valence-electron chi connectivity index (χ1n) is 8.14. The summed E-state index contributed by atoms with van der Waals surface area (Å²) >= 11 is 0. The Balaban J connectivity index is 0.00000182. The van der Waals surface area contributed by atoms with Gasteiger partial charge < -0.3 is 15.0 Å². The minimum Gasteiger partial charge on any atom is -1.00 e. The van der Waals surface area contributed by atoms with E-state index in [2.05, 4.69) is 0 Å². The summed E-state index contributed by atoms with van der Waals surface area (Å²) in [6, 6.07) is 23.6. The van der Waals surface area contributed by atoms with E-state index in [1.165, 1.54) is 0 Å². The van der Waals surface area contributed by atoms with Gasteiger partial charge in [0.1, 0.15) is 17.2 Å². The molecule has 0 saturated heterocycles. The van der Waals surface area contributed by atoms with Gasteiger partial charge in [-0.1, -0.05) is 54.6 Å². The second-order valence-electron chi connectivity index (χ2n) is 5.79. The standard InChI is InChI=1S/C21H21O3P.Li.H/c1-16-10-4-7-13-19(16)22-25(23-20-14-8-5-11-17(20)2)24-21-15-9-6-12-18(21)3;;/h4-15H,1-3H3;;/q;+1;-1. The molecule has 0 spiro atoms. The van der Waals surface area contributed by atoms with Crippen LogP contribution in [0.2, 0.25) is 0 Å². The molecular formula is C21H22LiO3P. The molecular weight excluding hydrogens is 338 g/mol. The zero-order valence-electron chi connectivity index (χ0n) is 16.6. The van der Waals surface area contributed by atoms with Crippen LogP contribution in [-0.4, -0.2) is 0 Å². The number of hydrogen-bond acceptors (Lipinski definition) is 3. The Morgan fingerprint density at radius 2 is 0.808 bits per heavy atom. The van der Waals surface area contributed by atoms with Gasteiger partial charge in [0.2, 0.25) is 0 Å². The SMILES string of the molecule is Cc1ccccc1OP(Oc1ccccc1C)Oc1ccccc1C.[H-].[Li+]. The smallest absolute Gasteiger partial charge is 1.00 e. The molecule has 0 aliphatic carbocycles. The number of para-hydroxylation sites is 3. The summed E-state index contributed by atoms with van der Waals surface area (Å²) in [5, 5.41) is 0. The van der Waals surface area contributed by atoms with Gasteiger partial charge in [0, 0.05) is 0 Å². The third-order valence-electron chi connectivity index (χ3n) is 3.80. The van der Waals surface area contributed by atoms with Gasteiger partial charge in [-0.05, 0) is 55.7 Å². The van der Waals surface area contributed by atoms with Gasteiger partial charge in [0.15, 0.2) is 0 Å². The van der Waals surface area contributed by atoms with E-state index in [-0.39, 0.29) is 20.3 Å². The van der Waals surface area contributed by atoms with E-state index in [1.807, 2.05) is 93.6 Å². The average Bonchev–Trinajstić information content (AvgIpc) is 2.61. The van der Waals surface area contributed by atoms with Gasteiger partial charge >= 0.3 is 27.5 Å². The minimum absolute atomic E-state index is 0. The summed E-state index contributed by atoms with van der Waals surface area (Å²) in [6.45, 7) is 6.01. The summed E-state index contributed by atoms with van der Waals surface area (Å²) in [5.74, 6) is 2.28. The van der Waals surface area contributed by atoms with Crippen molar-refractivity contribution in [1.82, 2.24) is 0 Å². The fourth-order valence-electron chi connectivity index (χ4n) is 2.27. The van der Waals surface area contributed by atoms with E-state index < -0.39 is 8.60 Å². The molecule has 3 rings (SSSR count). The van der Waals surface area contributed by atoms with Gasteiger partial charge in [0.25, 0.3) is 0 Å². The van der Waals surface area contributed by atoms with Crippen molar-refractivity contribution in [2.24, 2.45) is 0 Å². The van der Waals surface area contributed by atoms with Crippen molar-refractivity contribution in [3.05, 3.63) is 89.5 Å². The second-order valence-corrected chi connectivity index (χ2v) is 6.79. The van der Waals surface area contributed by atoms with Crippen molar-refractivity contribution in [2.75, 3.05) is 0 Å². The van der Waals surface area contributed by atoms with E-state index in [9.17, 15) is 0 Å². The van der Waals surface area contributed by atoms with Crippen LogP contribution in [0.4, 0.5) is 0 Å². The van der Waals surface area contributed by atoms with Crippen LogP contribution in [0, 0.1) is 20.8 Å². The third kappa shape index (κ3) is 5.29. The second kappa shape index (κ2) is 9.69. The predicted molar refractivity (Wildman–Crippen MR) is 103 cm³/mol. The van der Waals surface area contributed by atoms with Crippen LogP contribution < -0.4 is 32.4 Å². The maximum absolute atomic E-state index is 6.08. The van der Waals surface area contributed by atoms with Gasteiger partial charge in [-0.25, -0.2) is 0 Å². The average molecular weight is 360 g/mol. The summed E-state index contributed by atoms with van der Waals surface area (Å²) in [5.41, 5.74) is 3.12. The van der Waals surface area contributed by atoms with Gasteiger partial charge in [0.05, 0.1) is 0 Å². The first kappa shape index (κ1) is 20.4. The Hall–Kier alpha value is -1.91. The van der Waals surface area contributed by atoms with Crippen LogP contribution in [0.25, 0.3) is 0 Å². The number of aryl methyl sites for hydroxylation is 3. The molecule has 130 valence electrons. The zero-order chi connectivity index (χ0) is 17.6. The van der Waals surface area contributed by atoms with Gasteiger partial charge in [-0.15, -0.1) is 0 Å². The molecule has 3 nitrogen and oxygen atoms in total. The van der Waals surface area contributed by atoms with E-state index in [0.717, 1.165) is 33.9 Å². The van der Waals surface area contributed by atoms with Crippen molar-refractivity contribution in [3.8, 4) is 17.2 Å². The molecule has 26 heavy (non-hydrogen) atoms. The molecule has 0 fully saturated rings. The molecule has 0 bridgehead atoms. The van der Waals surface area contributed by atoms with Gasteiger partial charge in [-0.2, -0.15) is 0 Å². The maximum atomic E-state index is 6.08. The Labute approximate surface area is 170 Å². The molecule has 0 amide bonds. The largest absolute Gasteiger partial charge is 1.00 e. The maximum Gasteiger partial charge on any atom is 1.00 e. The molecule has 0 atom stereocenters. The molecule has 0 N–H and O–H groups in total. The van der Waals surface area contributed by atoms with Crippen LogP contribution >= 0.6 is 8.60 Å². The molecule has 0 radical (unpaired) electrons. The molecule has 0 aromatic heterocycles. The normalized spacial score (nSPS) is 10.2. The Bertz CT molecular complexity index is 747. The zero-order valence-corrected chi connectivity index (χ0v) is 16.5. The first-order valence-corrected chi connectivity index (χ1v) is 9.24. The molecule has 3 aromatic rings. The van der Waals surface area contributed by atoms with E-state index in [0.29, 0.717) is 0 Å². The fourth-order valence-corrected chi connectivity index (χ4v) is 3.48. The topological polar surface area (TPSA) is 27.7 Å². The van der Waals surface area contributed by atoms with Crippen molar-refractivity contribution in [3.63, 3.8) is 0 Å². The summed E-state index contributed by atoms with van der Waals surface area (Å²) in [7, 11) is -1.64. The molecule has 0 aliphatic heterocycles. The predicted octanol–water partition coefficient (Wildman–Crippen LogP) is 3.49. The Morgan fingerprint density at radius 1 is 0.538 bits per heavy atom. The molecule has 0 aliphatic rings. The number of benzene rings is 3. The van der Waals surface area contributed by atoms with Crippen molar-refractivity contribution >= 4 is 8.60 Å². The fraction of sp³-hybridized carbons (Fsp3) is 0.143. The van der Waals surface area contributed by atoms with E-state index in [1.54, 1.807) is 0 Å². The van der Waals surface area contributed by atoms with Crippen molar-refractivity contribution in [2.45, 2.75) is 20.8 Å². The summed E-state index contributed by atoms with van der Waals surface area (Å²) in [4.78, 5) is 0. The van der Waals surface area contributed by atoms with E-state index >= 15 is 0 Å². The summed E-state index contributed by atoms with van der Waals surface area (Å²) < 4.78 is 18.3. The van der Waals surface area contributed by atoms with E-state index in [4.69, 9.17) is 13.6 Å². The number of hydrogen-bond donors (Lipinski definition) is 0. The quantitative estimate of drug-likeness (QED) is 0.498. The van der Waals surface area contributed by atoms with Crippen LogP contribution in [0.3, 0.4) is 0 Å². The van der Waals surface area contributed by atoms with Crippen LogP contribution in [0.15, 0.2) is 72.8 Å². The van der Waals surface area contributed by atoms with Crippen LogP contribution in [-0.2, 0) is 0 Å². The third-order valence-corrected chi connectivity index (χ3v) is 4.84. The minimum atomic E-state index is -1.64. The first-order chi connectivity index (χ1) is 12.1. The molecule has 5 heteroatoms. The number of rotatable bonds is 6. The molecule has 0 heterocycles. The summed E-state index contributed by atoms with van der Waals surface area (Å²) in [6.07, 6.45) is 0. The van der Waals surface area contributed by atoms with Crippen molar-refractivity contribution in [1.29, 1.82) is 0 Å². The van der Waals surface area contributed by atoms with Gasteiger partial charge in [-0.3, -0.25) is 0 Å². The molecule has 3 aromatic carbocycles. The Morgan fingerprint density at radius 3 is 1.08 bits per heavy atom. The Kier molecular flexibility index (Phi) is 7.61. The monoisotopic (exact) mass is 360 g/mol. The van der Waals surface area contributed by atoms with Crippen LogP contribution in [0.1, 0.15) is 18.1 Å².